The Morgan fingerprint density at radius 3 is 2.47 bits per heavy atom. The summed E-state index contributed by atoms with van der Waals surface area (Å²) in [6.07, 6.45) is 8.65. The molecule has 0 aromatic rings. The third-order valence-electron chi connectivity index (χ3n) is 4.40. The van der Waals surface area contributed by atoms with Gasteiger partial charge in [-0.3, -0.25) is 0 Å². The van der Waals surface area contributed by atoms with Gasteiger partial charge in [0.1, 0.15) is 0 Å². The van der Waals surface area contributed by atoms with Crippen molar-refractivity contribution in [2.24, 2.45) is 23.7 Å². The Labute approximate surface area is 109 Å². The summed E-state index contributed by atoms with van der Waals surface area (Å²) in [4.78, 5) is 0. The van der Waals surface area contributed by atoms with Gasteiger partial charge in [0.05, 0.1) is 0 Å². The van der Waals surface area contributed by atoms with Crippen LogP contribution in [0, 0.1) is 23.7 Å². The van der Waals surface area contributed by atoms with Crippen molar-refractivity contribution in [1.29, 1.82) is 0 Å². The maximum Gasteiger partial charge on any atom is -0.00177 e. The summed E-state index contributed by atoms with van der Waals surface area (Å²) in [7, 11) is 0. The molecule has 1 aliphatic carbocycles. The lowest BCUT2D eigenvalue weighted by Gasteiger charge is -2.36. The van der Waals surface area contributed by atoms with Crippen LogP contribution in [0.25, 0.3) is 0 Å². The van der Waals surface area contributed by atoms with Crippen LogP contribution in [0.3, 0.4) is 0 Å². The zero-order valence-electron chi connectivity index (χ0n) is 12.5. The lowest BCUT2D eigenvalue weighted by molar-refractivity contribution is 0.159. The number of hydrogen-bond acceptors (Lipinski definition) is 1. The van der Waals surface area contributed by atoms with E-state index in [0.717, 1.165) is 23.7 Å². The summed E-state index contributed by atoms with van der Waals surface area (Å²) >= 11 is 0. The molecule has 0 bridgehead atoms. The summed E-state index contributed by atoms with van der Waals surface area (Å²) in [5.41, 5.74) is 0. The van der Waals surface area contributed by atoms with Gasteiger partial charge < -0.3 is 5.32 Å². The molecule has 1 fully saturated rings. The van der Waals surface area contributed by atoms with E-state index in [4.69, 9.17) is 0 Å². The average molecular weight is 239 g/mol. The Morgan fingerprint density at radius 1 is 1.12 bits per heavy atom. The van der Waals surface area contributed by atoms with Crippen molar-refractivity contribution in [2.75, 3.05) is 13.1 Å². The minimum atomic E-state index is 0.783. The van der Waals surface area contributed by atoms with Gasteiger partial charge in [0.25, 0.3) is 0 Å². The standard InChI is InChI=1S/C16H33N/c1-5-8-14(4)16-10-7-6-9-15(16)12-17-11-13(2)3/h13-17H,5-12H2,1-4H3. The van der Waals surface area contributed by atoms with Crippen LogP contribution in [0.1, 0.15) is 66.2 Å². The molecular formula is C16H33N. The molecule has 102 valence electrons. The van der Waals surface area contributed by atoms with Crippen LogP contribution in [0.5, 0.6) is 0 Å². The maximum atomic E-state index is 3.68. The van der Waals surface area contributed by atoms with Crippen LogP contribution in [0.15, 0.2) is 0 Å². The first kappa shape index (κ1) is 15.0. The summed E-state index contributed by atoms with van der Waals surface area (Å²) in [5, 5.41) is 3.68. The molecule has 0 heterocycles. The highest BCUT2D eigenvalue weighted by Gasteiger charge is 2.28. The third-order valence-corrected chi connectivity index (χ3v) is 4.40. The summed E-state index contributed by atoms with van der Waals surface area (Å²) in [6.45, 7) is 11.8. The van der Waals surface area contributed by atoms with E-state index in [9.17, 15) is 0 Å². The largest absolute Gasteiger partial charge is 0.316 e. The van der Waals surface area contributed by atoms with Crippen LogP contribution in [0.4, 0.5) is 0 Å². The molecule has 1 saturated carbocycles. The van der Waals surface area contributed by atoms with E-state index in [1.165, 1.54) is 51.6 Å². The molecule has 17 heavy (non-hydrogen) atoms. The highest BCUT2D eigenvalue weighted by Crippen LogP contribution is 2.36. The molecule has 0 spiro atoms. The predicted octanol–water partition coefficient (Wildman–Crippen LogP) is 4.47. The average Bonchev–Trinajstić information content (AvgIpc) is 2.29. The van der Waals surface area contributed by atoms with Crippen LogP contribution >= 0.6 is 0 Å². The first-order valence-corrected chi connectivity index (χ1v) is 7.85. The van der Waals surface area contributed by atoms with Crippen LogP contribution < -0.4 is 5.32 Å². The van der Waals surface area contributed by atoms with Crippen LogP contribution in [-0.2, 0) is 0 Å². The quantitative estimate of drug-likeness (QED) is 0.691. The Hall–Kier alpha value is -0.0400. The molecule has 1 aliphatic rings. The second-order valence-electron chi connectivity index (χ2n) is 6.53. The first-order valence-electron chi connectivity index (χ1n) is 7.85. The lowest BCUT2D eigenvalue weighted by Crippen LogP contribution is -2.35. The smallest absolute Gasteiger partial charge is 0.00177 e. The van der Waals surface area contributed by atoms with E-state index in [0.29, 0.717) is 0 Å². The second-order valence-corrected chi connectivity index (χ2v) is 6.53. The van der Waals surface area contributed by atoms with E-state index in [2.05, 4.69) is 33.0 Å². The van der Waals surface area contributed by atoms with E-state index >= 15 is 0 Å². The molecule has 1 heteroatoms. The molecule has 0 amide bonds. The molecule has 0 aromatic heterocycles. The summed E-state index contributed by atoms with van der Waals surface area (Å²) < 4.78 is 0. The Kier molecular flexibility index (Phi) is 7.18. The highest BCUT2D eigenvalue weighted by molar-refractivity contribution is 4.80. The van der Waals surface area contributed by atoms with Gasteiger partial charge in [-0.1, -0.05) is 53.4 Å². The van der Waals surface area contributed by atoms with Crippen molar-refractivity contribution in [3.05, 3.63) is 0 Å². The van der Waals surface area contributed by atoms with Gasteiger partial charge in [-0.15, -0.1) is 0 Å². The van der Waals surface area contributed by atoms with Gasteiger partial charge >= 0.3 is 0 Å². The minimum absolute atomic E-state index is 0.783. The van der Waals surface area contributed by atoms with Crippen LogP contribution in [0.2, 0.25) is 0 Å². The van der Waals surface area contributed by atoms with Crippen molar-refractivity contribution >= 4 is 0 Å². The maximum absolute atomic E-state index is 3.68. The molecule has 0 aromatic carbocycles. The predicted molar refractivity (Wildman–Crippen MR) is 77.2 cm³/mol. The first-order chi connectivity index (χ1) is 8.15. The van der Waals surface area contributed by atoms with Gasteiger partial charge in [-0.05, 0) is 49.6 Å². The molecule has 1 rings (SSSR count). The van der Waals surface area contributed by atoms with Gasteiger partial charge in [-0.2, -0.15) is 0 Å². The molecule has 0 radical (unpaired) electrons. The van der Waals surface area contributed by atoms with E-state index in [-0.39, 0.29) is 0 Å². The fraction of sp³-hybridized carbons (Fsp3) is 1.00. The highest BCUT2D eigenvalue weighted by atomic mass is 14.9. The molecular weight excluding hydrogens is 206 g/mol. The molecule has 0 saturated heterocycles. The normalized spacial score (nSPS) is 27.4. The lowest BCUT2D eigenvalue weighted by atomic mass is 9.71. The van der Waals surface area contributed by atoms with Gasteiger partial charge in [-0.25, -0.2) is 0 Å². The van der Waals surface area contributed by atoms with Crippen LogP contribution in [-0.4, -0.2) is 13.1 Å². The third kappa shape index (κ3) is 5.42. The van der Waals surface area contributed by atoms with E-state index < -0.39 is 0 Å². The van der Waals surface area contributed by atoms with Gasteiger partial charge in [0, 0.05) is 0 Å². The van der Waals surface area contributed by atoms with Crippen molar-refractivity contribution < 1.29 is 0 Å². The Bertz CT molecular complexity index is 188. The molecule has 3 atom stereocenters. The van der Waals surface area contributed by atoms with Crippen molar-refractivity contribution in [3.63, 3.8) is 0 Å². The van der Waals surface area contributed by atoms with Crippen molar-refractivity contribution in [3.8, 4) is 0 Å². The monoisotopic (exact) mass is 239 g/mol. The zero-order chi connectivity index (χ0) is 12.7. The molecule has 0 aliphatic heterocycles. The molecule has 3 unspecified atom stereocenters. The number of hydrogen-bond donors (Lipinski definition) is 1. The summed E-state index contributed by atoms with van der Waals surface area (Å²) in [6, 6.07) is 0. The fourth-order valence-corrected chi connectivity index (χ4v) is 3.47. The topological polar surface area (TPSA) is 12.0 Å². The Balaban J connectivity index is 2.36. The minimum Gasteiger partial charge on any atom is -0.316 e. The second kappa shape index (κ2) is 8.13. The Morgan fingerprint density at radius 2 is 1.82 bits per heavy atom. The van der Waals surface area contributed by atoms with Gasteiger partial charge in [0.2, 0.25) is 0 Å². The van der Waals surface area contributed by atoms with E-state index in [1.807, 2.05) is 0 Å². The number of nitrogens with one attached hydrogen (secondary N) is 1. The zero-order valence-corrected chi connectivity index (χ0v) is 12.5. The molecule has 1 nitrogen and oxygen atoms in total. The van der Waals surface area contributed by atoms with Gasteiger partial charge in [0.15, 0.2) is 0 Å². The SMILES string of the molecule is CCCC(C)C1CCCCC1CNCC(C)C. The van der Waals surface area contributed by atoms with E-state index in [1.54, 1.807) is 0 Å². The summed E-state index contributed by atoms with van der Waals surface area (Å²) in [5.74, 6) is 3.66. The number of rotatable bonds is 7. The van der Waals surface area contributed by atoms with Crippen molar-refractivity contribution in [1.82, 2.24) is 5.32 Å². The molecule has 1 N–H and O–H groups in total. The fourth-order valence-electron chi connectivity index (χ4n) is 3.47. The van der Waals surface area contributed by atoms with Crippen molar-refractivity contribution in [2.45, 2.75) is 66.2 Å².